The maximum atomic E-state index is 11.5. The molecule has 1 aromatic carbocycles. The highest BCUT2D eigenvalue weighted by Gasteiger charge is 2.65. The average Bonchev–Trinajstić information content (AvgIpc) is 2.36. The molecule has 3 bridgehead atoms. The van der Waals surface area contributed by atoms with Gasteiger partial charge in [0.2, 0.25) is 0 Å². The summed E-state index contributed by atoms with van der Waals surface area (Å²) in [4.78, 5) is 11.5. The molecular weight excluding hydrogens is 272 g/mol. The largest absolute Gasteiger partial charge is 0.481 e. The van der Waals surface area contributed by atoms with Crippen LogP contribution in [0.5, 0.6) is 0 Å². The lowest BCUT2D eigenvalue weighted by Crippen LogP contribution is -2.59. The van der Waals surface area contributed by atoms with Gasteiger partial charge in [0.25, 0.3) is 0 Å². The number of aliphatic carboxylic acids is 1. The Morgan fingerprint density at radius 2 is 1.85 bits per heavy atom. The van der Waals surface area contributed by atoms with E-state index >= 15 is 0 Å². The predicted molar refractivity (Wildman–Crippen MR) is 77.9 cm³/mol. The van der Waals surface area contributed by atoms with Crippen LogP contribution in [0.4, 0.5) is 0 Å². The van der Waals surface area contributed by atoms with E-state index in [2.05, 4.69) is 12.1 Å². The number of hydrogen-bond donors (Lipinski definition) is 1. The summed E-state index contributed by atoms with van der Waals surface area (Å²) in [5.74, 6) is 0.643. The molecule has 0 radical (unpaired) electrons. The van der Waals surface area contributed by atoms with Gasteiger partial charge < -0.3 is 5.11 Å². The van der Waals surface area contributed by atoms with E-state index in [0.717, 1.165) is 30.7 Å². The van der Waals surface area contributed by atoms with E-state index in [4.69, 9.17) is 11.6 Å². The molecule has 0 amide bonds. The first-order chi connectivity index (χ1) is 9.50. The molecular formula is C17H19ClO2. The van der Waals surface area contributed by atoms with Gasteiger partial charge in [-0.05, 0) is 73.5 Å². The highest BCUT2D eigenvalue weighted by Crippen LogP contribution is 2.71. The van der Waals surface area contributed by atoms with Crippen LogP contribution in [0, 0.1) is 16.7 Å². The van der Waals surface area contributed by atoms with E-state index in [9.17, 15) is 9.90 Å². The molecule has 4 aliphatic carbocycles. The standard InChI is InChI=1S/C17H19ClO2/c18-14-3-1-12(2-4-14)13-5-11-6-16(8-13)9-17(7-11,10-16)15(19)20/h1-4,11,13H,5-10H2,(H,19,20). The zero-order chi connectivity index (χ0) is 14.0. The molecule has 3 heteroatoms. The van der Waals surface area contributed by atoms with Crippen molar-refractivity contribution >= 4 is 17.6 Å². The third kappa shape index (κ3) is 1.74. The van der Waals surface area contributed by atoms with Gasteiger partial charge in [-0.15, -0.1) is 0 Å². The molecule has 106 valence electrons. The summed E-state index contributed by atoms with van der Waals surface area (Å²) in [5.41, 5.74) is 1.34. The summed E-state index contributed by atoms with van der Waals surface area (Å²) in [6.45, 7) is 0. The predicted octanol–water partition coefficient (Wildman–Crippen LogP) is 4.48. The summed E-state index contributed by atoms with van der Waals surface area (Å²) in [7, 11) is 0. The van der Waals surface area contributed by atoms with E-state index in [0.29, 0.717) is 17.3 Å². The van der Waals surface area contributed by atoms with Crippen molar-refractivity contribution in [2.75, 3.05) is 0 Å². The molecule has 2 unspecified atom stereocenters. The summed E-state index contributed by atoms with van der Waals surface area (Å²) >= 11 is 5.97. The minimum absolute atomic E-state index is 0.323. The zero-order valence-corrected chi connectivity index (χ0v) is 12.2. The van der Waals surface area contributed by atoms with Crippen molar-refractivity contribution in [1.82, 2.24) is 0 Å². The van der Waals surface area contributed by atoms with Gasteiger partial charge in [-0.25, -0.2) is 0 Å². The lowest BCUT2D eigenvalue weighted by molar-refractivity contribution is -0.192. The summed E-state index contributed by atoms with van der Waals surface area (Å²) in [6, 6.07) is 8.24. The molecule has 0 aliphatic heterocycles. The van der Waals surface area contributed by atoms with Gasteiger partial charge in [-0.3, -0.25) is 4.79 Å². The van der Waals surface area contributed by atoms with Gasteiger partial charge in [-0.1, -0.05) is 23.7 Å². The van der Waals surface area contributed by atoms with Crippen LogP contribution in [0.2, 0.25) is 5.02 Å². The van der Waals surface area contributed by atoms with Crippen LogP contribution >= 0.6 is 11.6 Å². The van der Waals surface area contributed by atoms with Crippen molar-refractivity contribution in [1.29, 1.82) is 0 Å². The SMILES string of the molecule is O=C(O)C12CC3CC(c4ccc(Cl)cc4)CC(C3)(C1)C2. The molecule has 20 heavy (non-hydrogen) atoms. The van der Waals surface area contributed by atoms with E-state index in [1.165, 1.54) is 18.4 Å². The Balaban J connectivity index is 1.58. The number of benzene rings is 1. The van der Waals surface area contributed by atoms with Crippen LogP contribution in [0.1, 0.15) is 50.0 Å². The van der Waals surface area contributed by atoms with Crippen LogP contribution in [-0.2, 0) is 4.79 Å². The molecule has 1 N–H and O–H groups in total. The normalized spacial score (nSPS) is 41.9. The van der Waals surface area contributed by atoms with Crippen molar-refractivity contribution < 1.29 is 9.90 Å². The van der Waals surface area contributed by atoms with E-state index < -0.39 is 5.97 Å². The van der Waals surface area contributed by atoms with Gasteiger partial charge in [0.15, 0.2) is 0 Å². The van der Waals surface area contributed by atoms with Crippen LogP contribution in [0.3, 0.4) is 0 Å². The fourth-order valence-corrected chi connectivity index (χ4v) is 5.67. The van der Waals surface area contributed by atoms with Gasteiger partial charge in [-0.2, -0.15) is 0 Å². The Kier molecular flexibility index (Phi) is 2.54. The first-order valence-electron chi connectivity index (χ1n) is 7.49. The maximum Gasteiger partial charge on any atom is 0.309 e. The van der Waals surface area contributed by atoms with Crippen LogP contribution in [0.15, 0.2) is 24.3 Å². The fraction of sp³-hybridized carbons (Fsp3) is 0.588. The summed E-state index contributed by atoms with van der Waals surface area (Å²) in [6.07, 6.45) is 6.30. The van der Waals surface area contributed by atoms with Crippen LogP contribution in [0.25, 0.3) is 0 Å². The Morgan fingerprint density at radius 3 is 2.45 bits per heavy atom. The molecule has 0 aromatic heterocycles. The number of carboxylic acid groups (broad SMARTS) is 1. The van der Waals surface area contributed by atoms with Gasteiger partial charge in [0.05, 0.1) is 5.41 Å². The molecule has 4 saturated carbocycles. The minimum atomic E-state index is -0.553. The smallest absolute Gasteiger partial charge is 0.309 e. The van der Waals surface area contributed by atoms with E-state index in [1.54, 1.807) is 0 Å². The summed E-state index contributed by atoms with van der Waals surface area (Å²) < 4.78 is 0. The quantitative estimate of drug-likeness (QED) is 0.872. The van der Waals surface area contributed by atoms with Gasteiger partial charge in [0, 0.05) is 5.02 Å². The number of carboxylic acids is 1. The van der Waals surface area contributed by atoms with Crippen molar-refractivity contribution in [3.8, 4) is 0 Å². The first-order valence-corrected chi connectivity index (χ1v) is 7.87. The maximum absolute atomic E-state index is 11.5. The lowest BCUT2D eigenvalue weighted by atomic mass is 9.39. The topological polar surface area (TPSA) is 37.3 Å². The van der Waals surface area contributed by atoms with Crippen molar-refractivity contribution in [3.63, 3.8) is 0 Å². The second-order valence-corrected chi connectivity index (χ2v) is 7.84. The third-order valence-electron chi connectivity index (χ3n) is 5.92. The van der Waals surface area contributed by atoms with Crippen LogP contribution in [-0.4, -0.2) is 11.1 Å². The molecule has 1 spiro atoms. The van der Waals surface area contributed by atoms with E-state index in [-0.39, 0.29) is 5.41 Å². The number of halogens is 1. The second-order valence-electron chi connectivity index (χ2n) is 7.40. The highest BCUT2D eigenvalue weighted by molar-refractivity contribution is 6.30. The van der Waals surface area contributed by atoms with Crippen LogP contribution < -0.4 is 0 Å². The van der Waals surface area contributed by atoms with Gasteiger partial charge >= 0.3 is 5.97 Å². The second kappa shape index (κ2) is 4.00. The number of hydrogen-bond acceptors (Lipinski definition) is 1. The van der Waals surface area contributed by atoms with E-state index in [1.807, 2.05) is 12.1 Å². The average molecular weight is 291 g/mol. The zero-order valence-electron chi connectivity index (χ0n) is 11.4. The Hall–Kier alpha value is -1.02. The first kappa shape index (κ1) is 12.7. The monoisotopic (exact) mass is 290 g/mol. The molecule has 4 aliphatic rings. The Morgan fingerprint density at radius 1 is 1.15 bits per heavy atom. The molecule has 2 nitrogen and oxygen atoms in total. The van der Waals surface area contributed by atoms with Crippen molar-refractivity contribution in [2.45, 2.75) is 44.4 Å². The highest BCUT2D eigenvalue weighted by atomic mass is 35.5. The lowest BCUT2D eigenvalue weighted by Gasteiger charge is -2.64. The molecule has 4 fully saturated rings. The minimum Gasteiger partial charge on any atom is -0.481 e. The third-order valence-corrected chi connectivity index (χ3v) is 6.17. The molecule has 5 rings (SSSR count). The molecule has 2 atom stereocenters. The fourth-order valence-electron chi connectivity index (χ4n) is 5.54. The molecule has 1 aromatic rings. The number of carbonyl (C=O) groups is 1. The van der Waals surface area contributed by atoms with Gasteiger partial charge in [0.1, 0.15) is 0 Å². The Labute approximate surface area is 124 Å². The van der Waals surface area contributed by atoms with Crippen molar-refractivity contribution in [3.05, 3.63) is 34.9 Å². The Bertz CT molecular complexity index is 551. The molecule has 0 heterocycles. The molecule has 0 saturated heterocycles. The summed E-state index contributed by atoms with van der Waals surface area (Å²) in [5, 5.41) is 10.3. The van der Waals surface area contributed by atoms with Crippen molar-refractivity contribution in [2.24, 2.45) is 16.7 Å². The number of rotatable bonds is 2.